The van der Waals surface area contributed by atoms with Crippen molar-refractivity contribution in [3.8, 4) is 0 Å². The first-order valence-corrected chi connectivity index (χ1v) is 5.88. The molecule has 6 heteroatoms. The molecular formula is C10H17N3O2S. The van der Waals surface area contributed by atoms with Crippen molar-refractivity contribution >= 4 is 22.5 Å². The van der Waals surface area contributed by atoms with Crippen LogP contribution in [0, 0.1) is 6.92 Å². The van der Waals surface area contributed by atoms with Gasteiger partial charge < -0.3 is 15.3 Å². The Labute approximate surface area is 99.3 Å². The second-order valence-electron chi connectivity index (χ2n) is 3.86. The first-order valence-electron chi connectivity index (χ1n) is 5.10. The molecular weight excluding hydrogens is 226 g/mol. The molecule has 0 amide bonds. The third-order valence-corrected chi connectivity index (χ3v) is 3.04. The summed E-state index contributed by atoms with van der Waals surface area (Å²) in [6.07, 6.45) is 0.975. The Kier molecular flexibility index (Phi) is 4.70. The smallest absolute Gasteiger partial charge is 0.340 e. The zero-order chi connectivity index (χ0) is 12.1. The van der Waals surface area contributed by atoms with E-state index in [1.165, 1.54) is 11.5 Å². The van der Waals surface area contributed by atoms with Crippen LogP contribution >= 0.6 is 11.5 Å². The SMILES string of the molecule is Cc1nsc(NCCCN(C)C)c1C(=O)O. The lowest BCUT2D eigenvalue weighted by Gasteiger charge is -2.09. The van der Waals surface area contributed by atoms with Gasteiger partial charge in [0, 0.05) is 6.54 Å². The minimum absolute atomic E-state index is 0.301. The van der Waals surface area contributed by atoms with Crippen molar-refractivity contribution in [3.63, 3.8) is 0 Å². The van der Waals surface area contributed by atoms with Crippen LogP contribution in [0.25, 0.3) is 0 Å². The van der Waals surface area contributed by atoms with E-state index in [1.807, 2.05) is 14.1 Å². The van der Waals surface area contributed by atoms with Crippen molar-refractivity contribution in [2.24, 2.45) is 0 Å². The highest BCUT2D eigenvalue weighted by Gasteiger charge is 2.16. The maximum atomic E-state index is 11.0. The molecule has 0 aromatic carbocycles. The van der Waals surface area contributed by atoms with Crippen LogP contribution in [0.3, 0.4) is 0 Å². The molecule has 90 valence electrons. The van der Waals surface area contributed by atoms with Gasteiger partial charge in [-0.25, -0.2) is 4.79 Å². The molecule has 0 radical (unpaired) electrons. The van der Waals surface area contributed by atoms with Gasteiger partial charge >= 0.3 is 5.97 Å². The number of nitrogens with one attached hydrogen (secondary N) is 1. The van der Waals surface area contributed by atoms with Gasteiger partial charge in [-0.3, -0.25) is 0 Å². The van der Waals surface area contributed by atoms with E-state index in [9.17, 15) is 4.79 Å². The van der Waals surface area contributed by atoms with Gasteiger partial charge in [-0.2, -0.15) is 4.37 Å². The highest BCUT2D eigenvalue weighted by atomic mass is 32.1. The van der Waals surface area contributed by atoms with E-state index in [-0.39, 0.29) is 0 Å². The van der Waals surface area contributed by atoms with Gasteiger partial charge in [0.15, 0.2) is 0 Å². The number of aromatic nitrogens is 1. The van der Waals surface area contributed by atoms with Crippen LogP contribution in [-0.2, 0) is 0 Å². The Morgan fingerprint density at radius 2 is 2.25 bits per heavy atom. The fraction of sp³-hybridized carbons (Fsp3) is 0.600. The second kappa shape index (κ2) is 5.81. The number of carbonyl (C=O) groups is 1. The standard InChI is InChI=1S/C10H17N3O2S/c1-7-8(10(14)15)9(16-12-7)11-5-4-6-13(2)3/h11H,4-6H2,1-3H3,(H,14,15). The molecule has 0 saturated heterocycles. The minimum Gasteiger partial charge on any atom is -0.478 e. The highest BCUT2D eigenvalue weighted by Crippen LogP contribution is 2.24. The molecule has 1 heterocycles. The summed E-state index contributed by atoms with van der Waals surface area (Å²) >= 11 is 1.21. The molecule has 0 aliphatic heterocycles. The average molecular weight is 243 g/mol. The van der Waals surface area contributed by atoms with Gasteiger partial charge in [0.05, 0.1) is 5.69 Å². The van der Waals surface area contributed by atoms with Crippen molar-refractivity contribution < 1.29 is 9.90 Å². The van der Waals surface area contributed by atoms with Crippen molar-refractivity contribution in [3.05, 3.63) is 11.3 Å². The third kappa shape index (κ3) is 3.46. The van der Waals surface area contributed by atoms with Crippen molar-refractivity contribution in [1.82, 2.24) is 9.27 Å². The zero-order valence-electron chi connectivity index (χ0n) is 9.78. The summed E-state index contributed by atoms with van der Waals surface area (Å²) in [5.74, 6) is -0.915. The average Bonchev–Trinajstić information content (AvgIpc) is 2.54. The van der Waals surface area contributed by atoms with E-state index in [1.54, 1.807) is 6.92 Å². The molecule has 0 saturated carbocycles. The molecule has 1 rings (SSSR count). The number of anilines is 1. The van der Waals surface area contributed by atoms with Crippen molar-refractivity contribution in [2.45, 2.75) is 13.3 Å². The fourth-order valence-corrected chi connectivity index (χ4v) is 2.15. The van der Waals surface area contributed by atoms with Gasteiger partial charge in [-0.05, 0) is 45.5 Å². The summed E-state index contributed by atoms with van der Waals surface area (Å²) in [4.78, 5) is 13.1. The van der Waals surface area contributed by atoms with Gasteiger partial charge in [0.25, 0.3) is 0 Å². The van der Waals surface area contributed by atoms with E-state index >= 15 is 0 Å². The van der Waals surface area contributed by atoms with Crippen molar-refractivity contribution in [2.75, 3.05) is 32.5 Å². The maximum absolute atomic E-state index is 11.0. The number of aryl methyl sites for hydroxylation is 1. The largest absolute Gasteiger partial charge is 0.478 e. The second-order valence-corrected chi connectivity index (χ2v) is 4.63. The molecule has 2 N–H and O–H groups in total. The molecule has 1 aromatic heterocycles. The number of rotatable bonds is 6. The van der Waals surface area contributed by atoms with E-state index in [0.29, 0.717) is 16.3 Å². The van der Waals surface area contributed by atoms with Crippen LogP contribution in [0.2, 0.25) is 0 Å². The molecule has 0 bridgehead atoms. The molecule has 0 unspecified atom stereocenters. The van der Waals surface area contributed by atoms with Crippen LogP contribution in [0.5, 0.6) is 0 Å². The van der Waals surface area contributed by atoms with E-state index in [0.717, 1.165) is 19.5 Å². The molecule has 5 nitrogen and oxygen atoms in total. The van der Waals surface area contributed by atoms with E-state index in [4.69, 9.17) is 5.11 Å². The quantitative estimate of drug-likeness (QED) is 0.741. The highest BCUT2D eigenvalue weighted by molar-refractivity contribution is 7.10. The summed E-state index contributed by atoms with van der Waals surface area (Å²) in [6, 6.07) is 0. The lowest BCUT2D eigenvalue weighted by molar-refractivity contribution is 0.0697. The lowest BCUT2D eigenvalue weighted by Crippen LogP contribution is -2.16. The number of nitrogens with zero attached hydrogens (tertiary/aromatic N) is 2. The molecule has 0 aliphatic rings. The summed E-state index contributed by atoms with van der Waals surface area (Å²) in [5.41, 5.74) is 0.877. The summed E-state index contributed by atoms with van der Waals surface area (Å²) < 4.78 is 4.04. The Hall–Kier alpha value is -1.14. The molecule has 0 aliphatic carbocycles. The zero-order valence-corrected chi connectivity index (χ0v) is 10.6. The third-order valence-electron chi connectivity index (χ3n) is 2.14. The number of hydrogen-bond acceptors (Lipinski definition) is 5. The molecule has 1 aromatic rings. The fourth-order valence-electron chi connectivity index (χ4n) is 1.34. The van der Waals surface area contributed by atoms with Gasteiger partial charge in [-0.15, -0.1) is 0 Å². The van der Waals surface area contributed by atoms with Crippen LogP contribution in [0.1, 0.15) is 22.5 Å². The Bertz CT molecular complexity index is 363. The Balaban J connectivity index is 2.51. The van der Waals surface area contributed by atoms with Crippen LogP contribution < -0.4 is 5.32 Å². The molecule has 0 atom stereocenters. The van der Waals surface area contributed by atoms with Gasteiger partial charge in [0.1, 0.15) is 10.6 Å². The summed E-state index contributed by atoms with van der Waals surface area (Å²) in [5, 5.41) is 12.8. The Morgan fingerprint density at radius 3 is 2.81 bits per heavy atom. The van der Waals surface area contributed by atoms with Gasteiger partial charge in [0.2, 0.25) is 0 Å². The number of carboxylic acid groups (broad SMARTS) is 1. The number of aromatic carboxylic acids is 1. The number of hydrogen-bond donors (Lipinski definition) is 2. The summed E-state index contributed by atoms with van der Waals surface area (Å²) in [7, 11) is 4.03. The lowest BCUT2D eigenvalue weighted by atomic mass is 10.2. The number of carboxylic acids is 1. The first-order chi connectivity index (χ1) is 7.52. The van der Waals surface area contributed by atoms with E-state index in [2.05, 4.69) is 14.6 Å². The predicted octanol–water partition coefficient (Wildman–Crippen LogP) is 1.51. The summed E-state index contributed by atoms with van der Waals surface area (Å²) in [6.45, 7) is 3.46. The minimum atomic E-state index is -0.915. The molecule has 0 fully saturated rings. The predicted molar refractivity (Wildman–Crippen MR) is 65.5 cm³/mol. The van der Waals surface area contributed by atoms with E-state index < -0.39 is 5.97 Å². The van der Waals surface area contributed by atoms with Crippen LogP contribution in [0.15, 0.2) is 0 Å². The topological polar surface area (TPSA) is 65.5 Å². The monoisotopic (exact) mass is 243 g/mol. The van der Waals surface area contributed by atoms with Crippen LogP contribution in [-0.4, -0.2) is 47.5 Å². The molecule has 0 spiro atoms. The maximum Gasteiger partial charge on any atom is 0.340 e. The van der Waals surface area contributed by atoms with Crippen LogP contribution in [0.4, 0.5) is 5.00 Å². The normalized spacial score (nSPS) is 10.8. The van der Waals surface area contributed by atoms with Gasteiger partial charge in [-0.1, -0.05) is 0 Å². The Morgan fingerprint density at radius 1 is 1.56 bits per heavy atom. The first kappa shape index (κ1) is 12.9. The van der Waals surface area contributed by atoms with Crippen molar-refractivity contribution in [1.29, 1.82) is 0 Å². The molecule has 16 heavy (non-hydrogen) atoms.